The first-order valence-electron chi connectivity index (χ1n) is 9.04. The number of non-ortho nitro benzene ring substituents is 2. The van der Waals surface area contributed by atoms with Crippen LogP contribution in [-0.2, 0) is 4.79 Å². The molecule has 0 radical (unpaired) electrons. The molecule has 0 aromatic heterocycles. The number of benzene rings is 2. The second-order valence-corrected chi connectivity index (χ2v) is 6.70. The molecule has 2 aromatic rings. The van der Waals surface area contributed by atoms with Crippen molar-refractivity contribution < 1.29 is 34.5 Å². The van der Waals surface area contributed by atoms with Crippen LogP contribution in [0.25, 0.3) is 0 Å². The number of aromatic hydroxyl groups is 1. The fourth-order valence-corrected chi connectivity index (χ4v) is 2.86. The number of nitro benzene ring substituents is 4. The standard InChI is InChI=1S/C10H10N4O5.C6H3N3O7/c1-6-9(14(18)19)10(15)12(11-6)7-2-4-8(5-3-7)13(16)17;10-6-4(8(13)14)1-3(7(11)12)2-5(6)9(15)16/h2-6,9,11H,1H3;1-2,10H. The minimum absolute atomic E-state index is 0.116. The van der Waals surface area contributed by atoms with Crippen LogP contribution in [0.4, 0.5) is 28.4 Å². The molecule has 0 bridgehead atoms. The highest BCUT2D eigenvalue weighted by Crippen LogP contribution is 2.39. The van der Waals surface area contributed by atoms with Gasteiger partial charge >= 0.3 is 23.3 Å². The van der Waals surface area contributed by atoms with Crippen molar-refractivity contribution in [2.45, 2.75) is 19.0 Å². The van der Waals surface area contributed by atoms with Gasteiger partial charge < -0.3 is 5.11 Å². The summed E-state index contributed by atoms with van der Waals surface area (Å²) in [7, 11) is 0. The third-order valence-corrected chi connectivity index (χ3v) is 4.48. The summed E-state index contributed by atoms with van der Waals surface area (Å²) in [6, 6.07) is 4.08. The lowest BCUT2D eigenvalue weighted by atomic mass is 10.2. The Hall–Kier alpha value is -5.33. The molecule has 0 spiro atoms. The number of hydrazine groups is 1. The minimum Gasteiger partial charge on any atom is -0.497 e. The molecule has 184 valence electrons. The predicted molar refractivity (Wildman–Crippen MR) is 112 cm³/mol. The maximum atomic E-state index is 11.9. The second kappa shape index (κ2) is 10.1. The van der Waals surface area contributed by atoms with Gasteiger partial charge in [-0.05, 0) is 19.1 Å². The third kappa shape index (κ3) is 5.54. The van der Waals surface area contributed by atoms with Crippen molar-refractivity contribution in [3.05, 3.63) is 87.0 Å². The van der Waals surface area contributed by atoms with Crippen LogP contribution in [0.3, 0.4) is 0 Å². The van der Waals surface area contributed by atoms with Gasteiger partial charge in [-0.2, -0.15) is 0 Å². The number of phenols is 1. The van der Waals surface area contributed by atoms with E-state index in [-0.39, 0.29) is 5.69 Å². The Bertz CT molecular complexity index is 1200. The number of hydrogen-bond acceptors (Lipinski definition) is 13. The number of amides is 1. The van der Waals surface area contributed by atoms with Crippen LogP contribution in [0.1, 0.15) is 6.92 Å². The molecule has 0 aliphatic carbocycles. The molecule has 2 aromatic carbocycles. The number of nitrogens with one attached hydrogen (secondary N) is 1. The highest BCUT2D eigenvalue weighted by Gasteiger charge is 2.47. The third-order valence-electron chi connectivity index (χ3n) is 4.48. The summed E-state index contributed by atoms with van der Waals surface area (Å²) in [6.07, 6.45) is 0. The van der Waals surface area contributed by atoms with Gasteiger partial charge in [0.1, 0.15) is 6.04 Å². The van der Waals surface area contributed by atoms with Gasteiger partial charge in [0.25, 0.3) is 17.1 Å². The van der Waals surface area contributed by atoms with Crippen molar-refractivity contribution in [3.63, 3.8) is 0 Å². The summed E-state index contributed by atoms with van der Waals surface area (Å²) in [5.41, 5.74) is -0.120. The zero-order valence-electron chi connectivity index (χ0n) is 17.2. The van der Waals surface area contributed by atoms with Crippen LogP contribution < -0.4 is 10.4 Å². The Morgan fingerprint density at radius 2 is 1.26 bits per heavy atom. The zero-order chi connectivity index (χ0) is 26.6. The molecule has 0 saturated carbocycles. The molecule has 1 aliphatic rings. The Labute approximate surface area is 191 Å². The number of hydrogen-bond donors (Lipinski definition) is 2. The molecular formula is C16H13N7O12. The van der Waals surface area contributed by atoms with E-state index >= 15 is 0 Å². The van der Waals surface area contributed by atoms with Gasteiger partial charge in [-0.3, -0.25) is 55.4 Å². The number of nitro groups is 5. The Balaban J connectivity index is 0.000000251. The molecule has 19 nitrogen and oxygen atoms in total. The van der Waals surface area contributed by atoms with Gasteiger partial charge in [-0.15, -0.1) is 0 Å². The first-order valence-corrected chi connectivity index (χ1v) is 9.04. The fraction of sp³-hybridized carbons (Fsp3) is 0.188. The lowest BCUT2D eigenvalue weighted by molar-refractivity contribution is -0.508. The van der Waals surface area contributed by atoms with Crippen molar-refractivity contribution in [1.82, 2.24) is 5.43 Å². The minimum atomic E-state index is -1.35. The molecule has 1 heterocycles. The van der Waals surface area contributed by atoms with Crippen LogP contribution in [0.5, 0.6) is 5.75 Å². The van der Waals surface area contributed by atoms with Gasteiger partial charge in [0.2, 0.25) is 0 Å². The number of rotatable bonds is 6. The molecule has 35 heavy (non-hydrogen) atoms. The van der Waals surface area contributed by atoms with E-state index in [1.807, 2.05) is 0 Å². The largest absolute Gasteiger partial charge is 0.497 e. The SMILES string of the molecule is CC1NN(c2ccc([N+](=O)[O-])cc2)C(=O)C1[N+](=O)[O-].O=[N+]([O-])c1cc([N+](=O)[O-])c(O)c([N+](=O)[O-])c1. The van der Waals surface area contributed by atoms with Crippen LogP contribution in [0.15, 0.2) is 36.4 Å². The number of nitrogens with zero attached hydrogens (tertiary/aromatic N) is 6. The highest BCUT2D eigenvalue weighted by molar-refractivity contribution is 5.98. The Kier molecular flexibility index (Phi) is 7.47. The van der Waals surface area contributed by atoms with E-state index in [1.165, 1.54) is 31.2 Å². The maximum Gasteiger partial charge on any atom is 0.324 e. The summed E-state index contributed by atoms with van der Waals surface area (Å²) in [6.45, 7) is 1.52. The second-order valence-electron chi connectivity index (χ2n) is 6.70. The smallest absolute Gasteiger partial charge is 0.324 e. The average Bonchev–Trinajstić information content (AvgIpc) is 3.07. The molecule has 2 unspecified atom stereocenters. The first-order chi connectivity index (χ1) is 16.3. The van der Waals surface area contributed by atoms with Crippen molar-refractivity contribution in [2.24, 2.45) is 0 Å². The van der Waals surface area contributed by atoms with Crippen LogP contribution in [-0.4, -0.2) is 47.7 Å². The van der Waals surface area contributed by atoms with Gasteiger partial charge in [0, 0.05) is 17.1 Å². The summed E-state index contributed by atoms with van der Waals surface area (Å²) < 4.78 is 0. The Morgan fingerprint density at radius 1 is 0.800 bits per heavy atom. The van der Waals surface area contributed by atoms with E-state index in [4.69, 9.17) is 5.11 Å². The van der Waals surface area contributed by atoms with E-state index in [1.54, 1.807) is 0 Å². The number of carbonyl (C=O) groups is 1. The van der Waals surface area contributed by atoms with Crippen LogP contribution in [0.2, 0.25) is 0 Å². The molecule has 1 amide bonds. The Morgan fingerprint density at radius 3 is 1.60 bits per heavy atom. The van der Waals surface area contributed by atoms with Crippen molar-refractivity contribution in [1.29, 1.82) is 0 Å². The van der Waals surface area contributed by atoms with Crippen LogP contribution in [0, 0.1) is 50.6 Å². The van der Waals surface area contributed by atoms with Gasteiger partial charge in [0.15, 0.2) is 0 Å². The monoisotopic (exact) mass is 495 g/mol. The van der Waals surface area contributed by atoms with Crippen molar-refractivity contribution in [2.75, 3.05) is 5.01 Å². The summed E-state index contributed by atoms with van der Waals surface area (Å²) in [4.78, 5) is 59.7. The number of phenolic OH excluding ortho intramolecular Hbond substituents is 1. The molecule has 2 atom stereocenters. The maximum absolute atomic E-state index is 11.9. The van der Waals surface area contributed by atoms with Crippen molar-refractivity contribution in [3.8, 4) is 5.75 Å². The van der Waals surface area contributed by atoms with E-state index in [9.17, 15) is 55.4 Å². The fourth-order valence-electron chi connectivity index (χ4n) is 2.86. The van der Waals surface area contributed by atoms with E-state index < -0.39 is 65.4 Å². The van der Waals surface area contributed by atoms with Crippen molar-refractivity contribution >= 4 is 34.3 Å². The lowest BCUT2D eigenvalue weighted by Gasteiger charge is -2.15. The predicted octanol–water partition coefficient (Wildman–Crippen LogP) is 1.60. The van der Waals surface area contributed by atoms with E-state index in [2.05, 4.69) is 5.43 Å². The molecule has 2 N–H and O–H groups in total. The average molecular weight is 495 g/mol. The van der Waals surface area contributed by atoms with Gasteiger partial charge in [0.05, 0.1) is 37.5 Å². The lowest BCUT2D eigenvalue weighted by Crippen LogP contribution is -2.36. The normalized spacial score (nSPS) is 16.7. The highest BCUT2D eigenvalue weighted by atomic mass is 16.6. The topological polar surface area (TPSA) is 268 Å². The first kappa shape index (κ1) is 25.9. The molecule has 1 aliphatic heterocycles. The summed E-state index contributed by atoms with van der Waals surface area (Å²) in [5, 5.41) is 62.5. The van der Waals surface area contributed by atoms with E-state index in [0.717, 1.165) is 5.01 Å². The summed E-state index contributed by atoms with van der Waals surface area (Å²) >= 11 is 0. The molecule has 3 rings (SSSR count). The zero-order valence-corrected chi connectivity index (χ0v) is 17.2. The quantitative estimate of drug-likeness (QED) is 0.426. The molecule has 1 saturated heterocycles. The van der Waals surface area contributed by atoms with Crippen LogP contribution >= 0.6 is 0 Å². The molecule has 1 fully saturated rings. The van der Waals surface area contributed by atoms with Gasteiger partial charge in [-0.1, -0.05) is 0 Å². The van der Waals surface area contributed by atoms with E-state index in [0.29, 0.717) is 17.8 Å². The van der Waals surface area contributed by atoms with Gasteiger partial charge in [-0.25, -0.2) is 10.4 Å². The number of anilines is 1. The summed E-state index contributed by atoms with van der Waals surface area (Å²) in [5.74, 6) is -1.90. The molecule has 19 heteroatoms. The molecular weight excluding hydrogens is 482 g/mol. The number of carbonyl (C=O) groups excluding carboxylic acids is 1.